The minimum Gasteiger partial charge on any atom is -0.211 e. The molecule has 106 valence electrons. The van der Waals surface area contributed by atoms with E-state index in [9.17, 15) is 4.39 Å². The van der Waals surface area contributed by atoms with Gasteiger partial charge < -0.3 is 0 Å². The SMILES string of the molecule is CC1=CC(c2c(Cl)nnc(C)c2-c2ccccc2)C(F)=C1. The van der Waals surface area contributed by atoms with Crippen molar-refractivity contribution in [2.24, 2.45) is 0 Å². The van der Waals surface area contributed by atoms with E-state index in [1.165, 1.54) is 6.08 Å². The summed E-state index contributed by atoms with van der Waals surface area (Å²) in [6, 6.07) is 9.76. The Kier molecular flexibility index (Phi) is 3.60. The highest BCUT2D eigenvalue weighted by Crippen LogP contribution is 2.42. The second kappa shape index (κ2) is 5.41. The molecular formula is C17H14ClFN2. The van der Waals surface area contributed by atoms with Crippen LogP contribution >= 0.6 is 11.6 Å². The van der Waals surface area contributed by atoms with Gasteiger partial charge in [-0.1, -0.05) is 53.6 Å². The summed E-state index contributed by atoms with van der Waals surface area (Å²) in [4.78, 5) is 0. The van der Waals surface area contributed by atoms with E-state index in [2.05, 4.69) is 10.2 Å². The molecule has 2 nitrogen and oxygen atoms in total. The monoisotopic (exact) mass is 300 g/mol. The van der Waals surface area contributed by atoms with Gasteiger partial charge in [0.15, 0.2) is 5.15 Å². The van der Waals surface area contributed by atoms with Gasteiger partial charge in [-0.3, -0.25) is 0 Å². The van der Waals surface area contributed by atoms with Crippen molar-refractivity contribution in [1.82, 2.24) is 10.2 Å². The minimum absolute atomic E-state index is 0.209. The largest absolute Gasteiger partial charge is 0.211 e. The molecule has 1 aliphatic carbocycles. The smallest absolute Gasteiger partial charge is 0.156 e. The Morgan fingerprint density at radius 2 is 1.81 bits per heavy atom. The summed E-state index contributed by atoms with van der Waals surface area (Å²) in [6.07, 6.45) is 3.40. The lowest BCUT2D eigenvalue weighted by atomic mass is 9.91. The van der Waals surface area contributed by atoms with Crippen LogP contribution in [-0.2, 0) is 0 Å². The summed E-state index contributed by atoms with van der Waals surface area (Å²) in [5.41, 5.74) is 4.14. The molecule has 0 saturated carbocycles. The van der Waals surface area contributed by atoms with Gasteiger partial charge in [-0.2, -0.15) is 5.10 Å². The molecule has 1 aromatic carbocycles. The zero-order valence-electron chi connectivity index (χ0n) is 11.8. The molecule has 0 aliphatic heterocycles. The van der Waals surface area contributed by atoms with Gasteiger partial charge in [-0.15, -0.1) is 5.10 Å². The molecule has 1 heterocycles. The minimum atomic E-state index is -0.484. The molecule has 0 bridgehead atoms. The highest BCUT2D eigenvalue weighted by molar-refractivity contribution is 6.30. The second-order valence-electron chi connectivity index (χ2n) is 5.15. The topological polar surface area (TPSA) is 25.8 Å². The Balaban J connectivity index is 2.26. The molecule has 1 aliphatic rings. The fraction of sp³-hybridized carbons (Fsp3) is 0.176. The highest BCUT2D eigenvalue weighted by Gasteiger charge is 2.27. The van der Waals surface area contributed by atoms with Crippen molar-refractivity contribution in [1.29, 1.82) is 0 Å². The van der Waals surface area contributed by atoms with Gasteiger partial charge in [0.2, 0.25) is 0 Å². The number of rotatable bonds is 2. The van der Waals surface area contributed by atoms with Crippen molar-refractivity contribution in [2.75, 3.05) is 0 Å². The van der Waals surface area contributed by atoms with Gasteiger partial charge in [0.25, 0.3) is 0 Å². The zero-order chi connectivity index (χ0) is 15.0. The molecule has 0 fully saturated rings. The molecule has 1 unspecified atom stereocenters. The van der Waals surface area contributed by atoms with Crippen LogP contribution in [0.2, 0.25) is 5.15 Å². The molecule has 4 heteroatoms. The van der Waals surface area contributed by atoms with Crippen LogP contribution in [0.25, 0.3) is 11.1 Å². The van der Waals surface area contributed by atoms with Gasteiger partial charge in [0, 0.05) is 11.1 Å². The molecule has 0 saturated heterocycles. The van der Waals surface area contributed by atoms with E-state index < -0.39 is 5.92 Å². The van der Waals surface area contributed by atoms with Crippen LogP contribution in [0.4, 0.5) is 4.39 Å². The Hall–Kier alpha value is -2.00. The number of nitrogens with zero attached hydrogens (tertiary/aromatic N) is 2. The van der Waals surface area contributed by atoms with E-state index in [0.717, 1.165) is 22.4 Å². The molecule has 2 aromatic rings. The van der Waals surface area contributed by atoms with E-state index in [4.69, 9.17) is 11.6 Å². The molecule has 21 heavy (non-hydrogen) atoms. The summed E-state index contributed by atoms with van der Waals surface area (Å²) in [6.45, 7) is 3.74. The Morgan fingerprint density at radius 3 is 2.43 bits per heavy atom. The highest BCUT2D eigenvalue weighted by atomic mass is 35.5. The summed E-state index contributed by atoms with van der Waals surface area (Å²) in [5, 5.41) is 8.30. The third kappa shape index (κ3) is 2.49. The lowest BCUT2D eigenvalue weighted by Gasteiger charge is -2.17. The van der Waals surface area contributed by atoms with E-state index >= 15 is 0 Å². The fourth-order valence-corrected chi connectivity index (χ4v) is 2.94. The van der Waals surface area contributed by atoms with Gasteiger partial charge in [0.1, 0.15) is 5.83 Å². The molecule has 3 rings (SSSR count). The summed E-state index contributed by atoms with van der Waals surface area (Å²) in [7, 11) is 0. The summed E-state index contributed by atoms with van der Waals surface area (Å²) >= 11 is 6.25. The van der Waals surface area contributed by atoms with Crippen molar-refractivity contribution in [3.8, 4) is 11.1 Å². The summed E-state index contributed by atoms with van der Waals surface area (Å²) < 4.78 is 14.2. The van der Waals surface area contributed by atoms with Crippen LogP contribution in [0.3, 0.4) is 0 Å². The lowest BCUT2D eigenvalue weighted by Crippen LogP contribution is -2.04. The number of hydrogen-bond acceptors (Lipinski definition) is 2. The standard InChI is InChI=1S/C17H14ClFN2/c1-10-8-13(14(19)9-10)16-15(11(2)20-21-17(16)18)12-6-4-3-5-7-12/h3-9,13H,1-2H3. The predicted molar refractivity (Wildman–Crippen MR) is 82.9 cm³/mol. The van der Waals surface area contributed by atoms with Gasteiger partial charge in [-0.05, 0) is 25.5 Å². The van der Waals surface area contributed by atoms with Crippen LogP contribution < -0.4 is 0 Å². The number of aryl methyl sites for hydroxylation is 1. The van der Waals surface area contributed by atoms with Crippen LogP contribution in [-0.4, -0.2) is 10.2 Å². The first-order valence-corrected chi connectivity index (χ1v) is 7.09. The lowest BCUT2D eigenvalue weighted by molar-refractivity contribution is 0.591. The Morgan fingerprint density at radius 1 is 1.10 bits per heavy atom. The maximum Gasteiger partial charge on any atom is 0.156 e. The average molecular weight is 301 g/mol. The molecule has 0 N–H and O–H groups in total. The number of aromatic nitrogens is 2. The maximum atomic E-state index is 14.2. The van der Waals surface area contributed by atoms with Crippen LogP contribution in [0.5, 0.6) is 0 Å². The Labute approximate surface area is 128 Å². The van der Waals surface area contributed by atoms with Crippen LogP contribution in [0.1, 0.15) is 24.1 Å². The van der Waals surface area contributed by atoms with Gasteiger partial charge in [-0.25, -0.2) is 4.39 Å². The first kappa shape index (κ1) is 14.0. The average Bonchev–Trinajstić information content (AvgIpc) is 2.80. The number of hydrogen-bond donors (Lipinski definition) is 0. The number of halogens is 2. The molecule has 1 aromatic heterocycles. The first-order chi connectivity index (χ1) is 10.1. The predicted octanol–water partition coefficient (Wildman–Crippen LogP) is 5.00. The van der Waals surface area contributed by atoms with E-state index in [0.29, 0.717) is 5.56 Å². The van der Waals surface area contributed by atoms with Crippen LogP contribution in [0, 0.1) is 6.92 Å². The quantitative estimate of drug-likeness (QED) is 0.780. The van der Waals surface area contributed by atoms with Crippen molar-refractivity contribution < 1.29 is 4.39 Å². The van der Waals surface area contributed by atoms with Gasteiger partial charge >= 0.3 is 0 Å². The second-order valence-corrected chi connectivity index (χ2v) is 5.51. The maximum absolute atomic E-state index is 14.2. The van der Waals surface area contributed by atoms with E-state index in [1.807, 2.05) is 50.3 Å². The Bertz CT molecular complexity index is 751. The molecule has 0 amide bonds. The number of benzene rings is 1. The number of allylic oxidation sites excluding steroid dienone is 4. The first-order valence-electron chi connectivity index (χ1n) is 6.71. The van der Waals surface area contributed by atoms with E-state index in [1.54, 1.807) is 0 Å². The van der Waals surface area contributed by atoms with Crippen molar-refractivity contribution >= 4 is 11.6 Å². The normalized spacial score (nSPS) is 17.6. The third-order valence-corrected chi connectivity index (χ3v) is 3.89. The molecule has 1 atom stereocenters. The van der Waals surface area contributed by atoms with Crippen molar-refractivity contribution in [3.63, 3.8) is 0 Å². The van der Waals surface area contributed by atoms with Crippen molar-refractivity contribution in [3.05, 3.63) is 70.3 Å². The fourth-order valence-electron chi connectivity index (χ4n) is 2.69. The molecular weight excluding hydrogens is 287 g/mol. The van der Waals surface area contributed by atoms with Crippen molar-refractivity contribution in [2.45, 2.75) is 19.8 Å². The van der Waals surface area contributed by atoms with Gasteiger partial charge in [0.05, 0.1) is 11.6 Å². The van der Waals surface area contributed by atoms with Crippen LogP contribution in [0.15, 0.2) is 53.9 Å². The molecule has 0 radical (unpaired) electrons. The van der Waals surface area contributed by atoms with E-state index in [-0.39, 0.29) is 11.0 Å². The molecule has 0 spiro atoms. The third-order valence-electron chi connectivity index (χ3n) is 3.61. The zero-order valence-corrected chi connectivity index (χ0v) is 12.5. The summed E-state index contributed by atoms with van der Waals surface area (Å²) in [5.74, 6) is -0.694.